The van der Waals surface area contributed by atoms with Crippen LogP contribution in [0.2, 0.25) is 0 Å². The Morgan fingerprint density at radius 1 is 1.28 bits per heavy atom. The summed E-state index contributed by atoms with van der Waals surface area (Å²) < 4.78 is 5.25. The van der Waals surface area contributed by atoms with Gasteiger partial charge in [-0.15, -0.1) is 11.6 Å². The molecule has 0 aliphatic carbocycles. The smallest absolute Gasteiger partial charge is 0.119 e. The van der Waals surface area contributed by atoms with E-state index < -0.39 is 0 Å². The van der Waals surface area contributed by atoms with Gasteiger partial charge in [0, 0.05) is 5.38 Å². The Hall–Kier alpha value is -0.690. The van der Waals surface area contributed by atoms with Gasteiger partial charge in [-0.3, -0.25) is 0 Å². The van der Waals surface area contributed by atoms with Gasteiger partial charge in [0.1, 0.15) is 5.75 Å². The number of ether oxygens (including phenoxy) is 1. The van der Waals surface area contributed by atoms with Crippen LogP contribution in [0.25, 0.3) is 0 Å². The van der Waals surface area contributed by atoms with Crippen LogP contribution in [-0.4, -0.2) is 12.5 Å². The molecule has 1 aromatic rings. The monoisotopic (exact) mass is 268 g/mol. The third kappa shape index (κ3) is 4.89. The highest BCUT2D eigenvalue weighted by molar-refractivity contribution is 6.20. The fraction of sp³-hybridized carbons (Fsp3) is 0.625. The van der Waals surface area contributed by atoms with Gasteiger partial charge in [0.25, 0.3) is 0 Å². The molecule has 0 fully saturated rings. The molecule has 0 aliphatic heterocycles. The van der Waals surface area contributed by atoms with Crippen molar-refractivity contribution in [3.05, 3.63) is 29.8 Å². The molecule has 0 radical (unpaired) electrons. The SMILES string of the molecule is CCCCC(CC)C(Cl)Cc1cccc(OC)c1. The highest BCUT2D eigenvalue weighted by Crippen LogP contribution is 2.25. The number of methoxy groups -OCH3 is 1. The second kappa shape index (κ2) is 8.42. The van der Waals surface area contributed by atoms with Crippen LogP contribution in [0.3, 0.4) is 0 Å². The Bertz CT molecular complexity index is 338. The predicted molar refractivity (Wildman–Crippen MR) is 79.6 cm³/mol. The molecule has 0 bridgehead atoms. The van der Waals surface area contributed by atoms with Crippen molar-refractivity contribution in [2.75, 3.05) is 7.11 Å². The number of alkyl halides is 1. The average Bonchev–Trinajstić information content (AvgIpc) is 2.40. The van der Waals surface area contributed by atoms with Gasteiger partial charge < -0.3 is 4.74 Å². The lowest BCUT2D eigenvalue weighted by atomic mass is 9.92. The van der Waals surface area contributed by atoms with E-state index >= 15 is 0 Å². The Morgan fingerprint density at radius 3 is 2.67 bits per heavy atom. The Morgan fingerprint density at radius 2 is 2.06 bits per heavy atom. The first kappa shape index (κ1) is 15.4. The molecule has 1 nitrogen and oxygen atoms in total. The van der Waals surface area contributed by atoms with Crippen LogP contribution in [0, 0.1) is 5.92 Å². The third-order valence-corrected chi connectivity index (χ3v) is 4.04. The van der Waals surface area contributed by atoms with Crippen molar-refractivity contribution in [1.82, 2.24) is 0 Å². The van der Waals surface area contributed by atoms with Crippen molar-refractivity contribution in [3.8, 4) is 5.75 Å². The highest BCUT2D eigenvalue weighted by Gasteiger charge is 2.17. The van der Waals surface area contributed by atoms with Crippen LogP contribution < -0.4 is 4.74 Å². The van der Waals surface area contributed by atoms with Gasteiger partial charge in [-0.1, -0.05) is 45.2 Å². The lowest BCUT2D eigenvalue weighted by molar-refractivity contribution is 0.412. The Balaban J connectivity index is 2.58. The summed E-state index contributed by atoms with van der Waals surface area (Å²) in [5.74, 6) is 1.54. The molecule has 1 aromatic carbocycles. The molecule has 2 heteroatoms. The van der Waals surface area contributed by atoms with Gasteiger partial charge in [-0.2, -0.15) is 0 Å². The first-order chi connectivity index (χ1) is 8.71. The van der Waals surface area contributed by atoms with Crippen LogP contribution >= 0.6 is 11.6 Å². The normalized spacial score (nSPS) is 14.2. The zero-order valence-electron chi connectivity index (χ0n) is 11.8. The number of hydrogen-bond acceptors (Lipinski definition) is 1. The zero-order chi connectivity index (χ0) is 13.4. The van der Waals surface area contributed by atoms with Gasteiger partial charge in [0.15, 0.2) is 0 Å². The van der Waals surface area contributed by atoms with Crippen molar-refractivity contribution in [2.45, 2.75) is 51.3 Å². The van der Waals surface area contributed by atoms with E-state index in [-0.39, 0.29) is 5.38 Å². The standard InChI is InChI=1S/C16H25ClO/c1-4-6-9-14(5-2)16(17)12-13-8-7-10-15(11-13)18-3/h7-8,10-11,14,16H,4-6,9,12H2,1-3H3. The summed E-state index contributed by atoms with van der Waals surface area (Å²) in [5.41, 5.74) is 1.27. The molecule has 0 aromatic heterocycles. The molecule has 0 aliphatic rings. The van der Waals surface area contributed by atoms with E-state index in [1.54, 1.807) is 7.11 Å². The van der Waals surface area contributed by atoms with E-state index in [9.17, 15) is 0 Å². The van der Waals surface area contributed by atoms with Gasteiger partial charge in [-0.25, -0.2) is 0 Å². The van der Waals surface area contributed by atoms with Crippen LogP contribution in [0.1, 0.15) is 45.1 Å². The minimum absolute atomic E-state index is 0.230. The summed E-state index contributed by atoms with van der Waals surface area (Å²) in [6.07, 6.45) is 5.86. The molecule has 0 saturated carbocycles. The number of benzene rings is 1. The molecule has 0 spiro atoms. The molecule has 0 heterocycles. The minimum atomic E-state index is 0.230. The predicted octanol–water partition coefficient (Wildman–Crippen LogP) is 5.06. The van der Waals surface area contributed by atoms with E-state index in [2.05, 4.69) is 26.0 Å². The topological polar surface area (TPSA) is 9.23 Å². The highest BCUT2D eigenvalue weighted by atomic mass is 35.5. The summed E-state index contributed by atoms with van der Waals surface area (Å²) >= 11 is 6.57. The number of unbranched alkanes of at least 4 members (excludes halogenated alkanes) is 1. The van der Waals surface area contributed by atoms with Gasteiger partial charge in [0.2, 0.25) is 0 Å². The summed E-state index contributed by atoms with van der Waals surface area (Å²) in [6.45, 7) is 4.47. The molecule has 102 valence electrons. The van der Waals surface area contributed by atoms with Gasteiger partial charge in [0.05, 0.1) is 7.11 Å². The molecule has 1 rings (SSSR count). The fourth-order valence-electron chi connectivity index (χ4n) is 2.30. The van der Waals surface area contributed by atoms with Crippen molar-refractivity contribution < 1.29 is 4.74 Å². The zero-order valence-corrected chi connectivity index (χ0v) is 12.5. The first-order valence-electron chi connectivity index (χ1n) is 6.98. The number of hydrogen-bond donors (Lipinski definition) is 0. The van der Waals surface area contributed by atoms with E-state index in [1.165, 1.54) is 24.8 Å². The molecular formula is C16H25ClO. The maximum Gasteiger partial charge on any atom is 0.119 e. The maximum atomic E-state index is 6.57. The van der Waals surface area contributed by atoms with Crippen LogP contribution in [0.15, 0.2) is 24.3 Å². The Kier molecular flexibility index (Phi) is 7.19. The van der Waals surface area contributed by atoms with E-state index in [0.717, 1.165) is 18.6 Å². The molecule has 2 atom stereocenters. The van der Waals surface area contributed by atoms with E-state index in [4.69, 9.17) is 16.3 Å². The average molecular weight is 269 g/mol. The second-order valence-electron chi connectivity index (χ2n) is 4.88. The summed E-state index contributed by atoms with van der Waals surface area (Å²) in [7, 11) is 1.70. The largest absolute Gasteiger partial charge is 0.497 e. The third-order valence-electron chi connectivity index (χ3n) is 3.53. The van der Waals surface area contributed by atoms with Crippen molar-refractivity contribution in [2.24, 2.45) is 5.92 Å². The molecule has 2 unspecified atom stereocenters. The fourth-order valence-corrected chi connectivity index (χ4v) is 2.78. The maximum absolute atomic E-state index is 6.57. The lowest BCUT2D eigenvalue weighted by Crippen LogP contribution is -2.17. The van der Waals surface area contributed by atoms with Gasteiger partial charge in [-0.05, 0) is 36.5 Å². The minimum Gasteiger partial charge on any atom is -0.497 e. The summed E-state index contributed by atoms with van der Waals surface area (Å²) in [5, 5.41) is 0.230. The second-order valence-corrected chi connectivity index (χ2v) is 5.44. The molecule has 0 saturated heterocycles. The number of halogens is 1. The van der Waals surface area contributed by atoms with Crippen LogP contribution in [0.5, 0.6) is 5.75 Å². The Labute approximate surface area is 116 Å². The van der Waals surface area contributed by atoms with Crippen molar-refractivity contribution in [3.63, 3.8) is 0 Å². The van der Waals surface area contributed by atoms with Crippen molar-refractivity contribution in [1.29, 1.82) is 0 Å². The summed E-state index contributed by atoms with van der Waals surface area (Å²) in [4.78, 5) is 0. The summed E-state index contributed by atoms with van der Waals surface area (Å²) in [6, 6.07) is 8.22. The number of rotatable bonds is 8. The van der Waals surface area contributed by atoms with Crippen LogP contribution in [0.4, 0.5) is 0 Å². The quantitative estimate of drug-likeness (QED) is 0.599. The first-order valence-corrected chi connectivity index (χ1v) is 7.41. The molecule has 18 heavy (non-hydrogen) atoms. The van der Waals surface area contributed by atoms with Crippen LogP contribution in [-0.2, 0) is 6.42 Å². The molecule has 0 N–H and O–H groups in total. The molecule has 0 amide bonds. The van der Waals surface area contributed by atoms with E-state index in [1.807, 2.05) is 12.1 Å². The van der Waals surface area contributed by atoms with Crippen molar-refractivity contribution >= 4 is 11.6 Å². The lowest BCUT2D eigenvalue weighted by Gasteiger charge is -2.21. The van der Waals surface area contributed by atoms with Gasteiger partial charge >= 0.3 is 0 Å². The van der Waals surface area contributed by atoms with E-state index in [0.29, 0.717) is 5.92 Å². The molecular weight excluding hydrogens is 244 g/mol.